The number of fused-ring (bicyclic) bond motifs is 1. The van der Waals surface area contributed by atoms with Crippen LogP contribution in [0.4, 0.5) is 11.5 Å². The van der Waals surface area contributed by atoms with Gasteiger partial charge in [-0.05, 0) is 43.4 Å². The maximum Gasteiger partial charge on any atom is 0.168 e. The van der Waals surface area contributed by atoms with Gasteiger partial charge >= 0.3 is 0 Å². The molecule has 0 fully saturated rings. The Bertz CT molecular complexity index is 672. The molecule has 1 unspecified atom stereocenters. The van der Waals surface area contributed by atoms with Gasteiger partial charge in [0.1, 0.15) is 0 Å². The van der Waals surface area contributed by atoms with Gasteiger partial charge in [-0.25, -0.2) is 0 Å². The number of benzene rings is 1. The topological polar surface area (TPSA) is 57.8 Å². The average molecular weight is 269 g/mol. The van der Waals surface area contributed by atoms with E-state index in [1.807, 2.05) is 12.1 Å². The molecule has 1 aliphatic carbocycles. The Balaban J connectivity index is 1.97. The van der Waals surface area contributed by atoms with Crippen molar-refractivity contribution in [2.75, 3.05) is 5.32 Å². The largest absolute Gasteiger partial charge is 0.338 e. The zero-order valence-corrected chi connectivity index (χ0v) is 12.1. The number of anilines is 2. The molecule has 104 valence electrons. The smallest absolute Gasteiger partial charge is 0.168 e. The number of ketones is 1. The number of aryl methyl sites for hydroxylation is 1. The highest BCUT2D eigenvalue weighted by molar-refractivity contribution is 6.03. The van der Waals surface area contributed by atoms with E-state index in [-0.39, 0.29) is 5.78 Å². The van der Waals surface area contributed by atoms with Crippen molar-refractivity contribution < 1.29 is 4.79 Å². The Morgan fingerprint density at radius 3 is 2.90 bits per heavy atom. The first kappa shape index (κ1) is 12.9. The Morgan fingerprint density at radius 1 is 1.30 bits per heavy atom. The van der Waals surface area contributed by atoms with E-state index in [0.29, 0.717) is 18.2 Å². The fourth-order valence-electron chi connectivity index (χ4n) is 2.77. The third-order valence-corrected chi connectivity index (χ3v) is 4.06. The van der Waals surface area contributed by atoms with Gasteiger partial charge in [-0.15, -0.1) is 0 Å². The molecule has 1 heterocycles. The van der Waals surface area contributed by atoms with Crippen LogP contribution in [0.2, 0.25) is 0 Å². The normalized spacial score (nSPS) is 17.9. The van der Waals surface area contributed by atoms with E-state index in [4.69, 9.17) is 0 Å². The van der Waals surface area contributed by atoms with Crippen molar-refractivity contribution >= 4 is 17.3 Å². The minimum atomic E-state index is 0.181. The molecule has 1 aliphatic rings. The second kappa shape index (κ2) is 4.78. The van der Waals surface area contributed by atoms with Gasteiger partial charge < -0.3 is 5.32 Å². The van der Waals surface area contributed by atoms with Crippen LogP contribution >= 0.6 is 0 Å². The lowest BCUT2D eigenvalue weighted by Crippen LogP contribution is -2.17. The number of rotatable bonds is 2. The number of hydrogen-bond acceptors (Lipinski definition) is 3. The molecule has 1 aromatic carbocycles. The van der Waals surface area contributed by atoms with Crippen molar-refractivity contribution in [1.82, 2.24) is 10.2 Å². The van der Waals surface area contributed by atoms with Gasteiger partial charge in [0.05, 0.1) is 5.56 Å². The lowest BCUT2D eigenvalue weighted by atomic mass is 9.88. The van der Waals surface area contributed by atoms with Gasteiger partial charge in [0.2, 0.25) is 0 Å². The van der Waals surface area contributed by atoms with Crippen molar-refractivity contribution in [2.24, 2.45) is 5.92 Å². The average Bonchev–Trinajstić information content (AvgIpc) is 2.78. The zero-order chi connectivity index (χ0) is 14.3. The molecule has 3 rings (SSSR count). The molecule has 2 aromatic rings. The summed E-state index contributed by atoms with van der Waals surface area (Å²) >= 11 is 0. The van der Waals surface area contributed by atoms with Crippen LogP contribution < -0.4 is 5.32 Å². The van der Waals surface area contributed by atoms with Crippen molar-refractivity contribution in [3.8, 4) is 0 Å². The highest BCUT2D eigenvalue weighted by Crippen LogP contribution is 2.31. The first-order valence-corrected chi connectivity index (χ1v) is 7.00. The second-order valence-electron chi connectivity index (χ2n) is 5.73. The van der Waals surface area contributed by atoms with E-state index in [1.54, 1.807) is 0 Å². The summed E-state index contributed by atoms with van der Waals surface area (Å²) in [5.74, 6) is 1.23. The van der Waals surface area contributed by atoms with Crippen LogP contribution in [0, 0.1) is 19.8 Å². The highest BCUT2D eigenvalue weighted by atomic mass is 16.1. The number of hydrogen-bond donors (Lipinski definition) is 2. The van der Waals surface area contributed by atoms with E-state index >= 15 is 0 Å². The molecule has 4 nitrogen and oxygen atoms in total. The van der Waals surface area contributed by atoms with E-state index in [0.717, 1.165) is 23.4 Å². The van der Waals surface area contributed by atoms with Crippen LogP contribution in [0.25, 0.3) is 0 Å². The van der Waals surface area contributed by atoms with Crippen molar-refractivity contribution in [3.63, 3.8) is 0 Å². The van der Waals surface area contributed by atoms with Gasteiger partial charge in [-0.3, -0.25) is 9.89 Å². The number of carbonyl (C=O) groups excluding carboxylic acids is 1. The first-order chi connectivity index (χ1) is 9.56. The number of aromatic nitrogens is 2. The lowest BCUT2D eigenvalue weighted by Gasteiger charge is -2.17. The maximum atomic E-state index is 12.2. The summed E-state index contributed by atoms with van der Waals surface area (Å²) in [7, 11) is 0. The molecule has 2 N–H and O–H groups in total. The number of Topliss-reactive ketones (excluding diaryl/α,β-unsaturated/α-hetero) is 1. The van der Waals surface area contributed by atoms with Crippen LogP contribution in [-0.2, 0) is 6.42 Å². The Labute approximate surface area is 118 Å². The van der Waals surface area contributed by atoms with Gasteiger partial charge in [0.25, 0.3) is 0 Å². The van der Waals surface area contributed by atoms with Crippen molar-refractivity contribution in [3.05, 3.63) is 40.6 Å². The Morgan fingerprint density at radius 2 is 2.10 bits per heavy atom. The molecule has 20 heavy (non-hydrogen) atoms. The van der Waals surface area contributed by atoms with Crippen LogP contribution in [-0.4, -0.2) is 16.0 Å². The molecule has 0 saturated carbocycles. The summed E-state index contributed by atoms with van der Waals surface area (Å²) < 4.78 is 0. The van der Waals surface area contributed by atoms with Gasteiger partial charge in [-0.2, -0.15) is 5.10 Å². The van der Waals surface area contributed by atoms with E-state index in [1.165, 1.54) is 11.1 Å². The summed E-state index contributed by atoms with van der Waals surface area (Å²) in [4.78, 5) is 12.2. The van der Waals surface area contributed by atoms with Gasteiger partial charge in [0.15, 0.2) is 11.6 Å². The summed E-state index contributed by atoms with van der Waals surface area (Å²) in [6.07, 6.45) is 1.50. The highest BCUT2D eigenvalue weighted by Gasteiger charge is 2.28. The van der Waals surface area contributed by atoms with Gasteiger partial charge in [0, 0.05) is 17.8 Å². The standard InChI is InChI=1S/C16H19N3O/c1-9-7-13-15(14(20)8-9)16(19-18-13)17-12-6-4-5-10(2)11(12)3/h4-6,9H,7-8H2,1-3H3,(H2,17,18,19). The number of carbonyl (C=O) groups is 1. The predicted molar refractivity (Wildman–Crippen MR) is 79.6 cm³/mol. The minimum absolute atomic E-state index is 0.181. The van der Waals surface area contributed by atoms with Crippen LogP contribution in [0.15, 0.2) is 18.2 Å². The molecule has 1 aromatic heterocycles. The zero-order valence-electron chi connectivity index (χ0n) is 12.1. The molecule has 0 radical (unpaired) electrons. The first-order valence-electron chi connectivity index (χ1n) is 7.00. The molecule has 0 amide bonds. The summed E-state index contributed by atoms with van der Waals surface area (Å²) in [6, 6.07) is 6.10. The second-order valence-corrected chi connectivity index (χ2v) is 5.73. The quantitative estimate of drug-likeness (QED) is 0.876. The van der Waals surface area contributed by atoms with Crippen LogP contribution in [0.3, 0.4) is 0 Å². The maximum absolute atomic E-state index is 12.2. The molecule has 4 heteroatoms. The van der Waals surface area contributed by atoms with Crippen molar-refractivity contribution in [1.29, 1.82) is 0 Å². The lowest BCUT2D eigenvalue weighted by molar-refractivity contribution is 0.0954. The summed E-state index contributed by atoms with van der Waals surface area (Å²) in [6.45, 7) is 6.24. The fourth-order valence-corrected chi connectivity index (χ4v) is 2.77. The minimum Gasteiger partial charge on any atom is -0.338 e. The number of nitrogens with one attached hydrogen (secondary N) is 2. The fraction of sp³-hybridized carbons (Fsp3) is 0.375. The SMILES string of the molecule is Cc1cccc(Nc2n[nH]c3c2C(=O)CC(C)C3)c1C. The van der Waals surface area contributed by atoms with E-state index in [2.05, 4.69) is 42.4 Å². The van der Waals surface area contributed by atoms with Crippen LogP contribution in [0.1, 0.15) is 40.5 Å². The molecular formula is C16H19N3O. The Hall–Kier alpha value is -2.10. The number of nitrogens with zero attached hydrogens (tertiary/aromatic N) is 1. The third-order valence-electron chi connectivity index (χ3n) is 4.06. The number of aromatic amines is 1. The predicted octanol–water partition coefficient (Wildman–Crippen LogP) is 3.54. The monoisotopic (exact) mass is 269 g/mol. The molecular weight excluding hydrogens is 250 g/mol. The van der Waals surface area contributed by atoms with E-state index in [9.17, 15) is 4.79 Å². The molecule has 0 spiro atoms. The van der Waals surface area contributed by atoms with Crippen LogP contribution in [0.5, 0.6) is 0 Å². The molecule has 1 atom stereocenters. The van der Waals surface area contributed by atoms with Crippen molar-refractivity contribution in [2.45, 2.75) is 33.6 Å². The summed E-state index contributed by atoms with van der Waals surface area (Å²) in [5, 5.41) is 10.6. The number of H-pyrrole nitrogens is 1. The Kier molecular flexibility index (Phi) is 3.08. The molecule has 0 aliphatic heterocycles. The molecule has 0 saturated heterocycles. The van der Waals surface area contributed by atoms with Gasteiger partial charge in [-0.1, -0.05) is 19.1 Å². The third kappa shape index (κ3) is 2.11. The van der Waals surface area contributed by atoms with E-state index < -0.39 is 0 Å². The summed E-state index contributed by atoms with van der Waals surface area (Å²) in [5.41, 5.74) is 5.11. The molecule has 0 bridgehead atoms.